The number of hydrogen-bond donors (Lipinski definition) is 1. The Morgan fingerprint density at radius 3 is 2.35 bits per heavy atom. The second-order valence-electron chi connectivity index (χ2n) is 3.73. The summed E-state index contributed by atoms with van der Waals surface area (Å²) < 4.78 is 0. The summed E-state index contributed by atoms with van der Waals surface area (Å²) in [4.78, 5) is 9.62. The molecule has 5 heteroatoms. The van der Waals surface area contributed by atoms with E-state index >= 15 is 0 Å². The van der Waals surface area contributed by atoms with E-state index in [1.807, 2.05) is 32.0 Å². The highest BCUT2D eigenvalue weighted by Gasteiger charge is 2.06. The zero-order valence-corrected chi connectivity index (χ0v) is 11.1. The number of anilines is 1. The Balaban J connectivity index is 2.31. The highest BCUT2D eigenvalue weighted by Crippen LogP contribution is 2.32. The number of benzene rings is 1. The summed E-state index contributed by atoms with van der Waals surface area (Å²) in [5.74, 6) is 0. The third-order valence-corrected chi connectivity index (χ3v) is 3.48. The summed E-state index contributed by atoms with van der Waals surface area (Å²) in [6, 6.07) is 7.36. The molecule has 0 atom stereocenters. The first-order valence-electron chi connectivity index (χ1n) is 5.10. The summed E-state index contributed by atoms with van der Waals surface area (Å²) in [5.41, 5.74) is 8.20. The lowest BCUT2D eigenvalue weighted by molar-refractivity contribution is 0.902. The normalized spacial score (nSPS) is 10.5. The van der Waals surface area contributed by atoms with Gasteiger partial charge in [0.25, 0.3) is 0 Å². The minimum Gasteiger partial charge on any atom is -0.399 e. The second kappa shape index (κ2) is 4.94. The molecule has 1 aromatic carbocycles. The summed E-state index contributed by atoms with van der Waals surface area (Å²) in [7, 11) is 0. The fraction of sp³-hybridized carbons (Fsp3) is 0.167. The van der Waals surface area contributed by atoms with Crippen molar-refractivity contribution in [2.45, 2.75) is 23.9 Å². The van der Waals surface area contributed by atoms with Gasteiger partial charge in [-0.05, 0) is 49.9 Å². The van der Waals surface area contributed by atoms with Crippen LogP contribution in [0.25, 0.3) is 0 Å². The molecule has 0 unspecified atom stereocenters. The molecule has 0 saturated carbocycles. The van der Waals surface area contributed by atoms with E-state index in [-0.39, 0.29) is 0 Å². The van der Waals surface area contributed by atoms with Crippen molar-refractivity contribution in [3.63, 3.8) is 0 Å². The van der Waals surface area contributed by atoms with Crippen molar-refractivity contribution >= 4 is 29.1 Å². The molecule has 17 heavy (non-hydrogen) atoms. The first-order chi connectivity index (χ1) is 8.04. The Bertz CT molecular complexity index is 537. The van der Waals surface area contributed by atoms with Crippen LogP contribution in [-0.2, 0) is 0 Å². The molecule has 3 nitrogen and oxygen atoms in total. The van der Waals surface area contributed by atoms with Gasteiger partial charge in [0, 0.05) is 22.0 Å². The van der Waals surface area contributed by atoms with Crippen LogP contribution in [0.1, 0.15) is 11.4 Å². The van der Waals surface area contributed by atoms with Crippen LogP contribution in [0.2, 0.25) is 5.02 Å². The summed E-state index contributed by atoms with van der Waals surface area (Å²) in [6.45, 7) is 3.90. The van der Waals surface area contributed by atoms with Gasteiger partial charge in [-0.1, -0.05) is 11.6 Å². The first kappa shape index (κ1) is 12.2. The molecule has 2 rings (SSSR count). The molecule has 0 saturated heterocycles. The van der Waals surface area contributed by atoms with Gasteiger partial charge >= 0.3 is 0 Å². The van der Waals surface area contributed by atoms with Gasteiger partial charge in [-0.25, -0.2) is 9.97 Å². The van der Waals surface area contributed by atoms with E-state index in [1.54, 1.807) is 6.07 Å². The number of halogens is 1. The number of rotatable bonds is 2. The molecule has 1 aromatic heterocycles. The number of aryl methyl sites for hydroxylation is 2. The lowest BCUT2D eigenvalue weighted by Crippen LogP contribution is -1.93. The zero-order chi connectivity index (χ0) is 12.4. The van der Waals surface area contributed by atoms with Gasteiger partial charge in [0.1, 0.15) is 0 Å². The predicted octanol–water partition coefficient (Wildman–Crippen LogP) is 3.48. The number of aromatic nitrogens is 2. The largest absolute Gasteiger partial charge is 0.399 e. The smallest absolute Gasteiger partial charge is 0.192 e. The van der Waals surface area contributed by atoms with Gasteiger partial charge in [-0.3, -0.25) is 0 Å². The van der Waals surface area contributed by atoms with Crippen molar-refractivity contribution in [2.24, 2.45) is 0 Å². The molecule has 0 radical (unpaired) electrons. The maximum atomic E-state index is 6.10. The van der Waals surface area contributed by atoms with Crippen molar-refractivity contribution in [3.05, 3.63) is 40.7 Å². The topological polar surface area (TPSA) is 51.8 Å². The van der Waals surface area contributed by atoms with E-state index in [0.29, 0.717) is 15.9 Å². The standard InChI is InChI=1S/C12H12ClN3S/c1-7-5-8(2)16-12(15-7)17-11-4-3-9(14)6-10(11)13/h3-6H,14H2,1-2H3. The molecular weight excluding hydrogens is 254 g/mol. The van der Waals surface area contributed by atoms with Gasteiger partial charge < -0.3 is 5.73 Å². The molecule has 0 aliphatic rings. The third-order valence-electron chi connectivity index (χ3n) is 2.12. The van der Waals surface area contributed by atoms with Gasteiger partial charge in [0.05, 0.1) is 5.02 Å². The van der Waals surface area contributed by atoms with Gasteiger partial charge in [0.2, 0.25) is 0 Å². The van der Waals surface area contributed by atoms with Crippen molar-refractivity contribution in [2.75, 3.05) is 5.73 Å². The van der Waals surface area contributed by atoms with Crippen LogP contribution in [0.5, 0.6) is 0 Å². The Labute approximate surface area is 109 Å². The number of nitrogen functional groups attached to an aromatic ring is 1. The maximum Gasteiger partial charge on any atom is 0.192 e. The van der Waals surface area contributed by atoms with Crippen LogP contribution < -0.4 is 5.73 Å². The van der Waals surface area contributed by atoms with Crippen LogP contribution in [0.3, 0.4) is 0 Å². The zero-order valence-electron chi connectivity index (χ0n) is 9.57. The summed E-state index contributed by atoms with van der Waals surface area (Å²) in [5, 5.41) is 1.33. The highest BCUT2D eigenvalue weighted by atomic mass is 35.5. The van der Waals surface area contributed by atoms with Crippen molar-refractivity contribution in [3.8, 4) is 0 Å². The molecule has 1 heterocycles. The van der Waals surface area contributed by atoms with Crippen molar-refractivity contribution in [1.29, 1.82) is 0 Å². The van der Waals surface area contributed by atoms with Crippen LogP contribution in [0, 0.1) is 13.8 Å². The highest BCUT2D eigenvalue weighted by molar-refractivity contribution is 7.99. The average Bonchev–Trinajstić information content (AvgIpc) is 2.21. The Morgan fingerprint density at radius 2 is 1.76 bits per heavy atom. The first-order valence-corrected chi connectivity index (χ1v) is 6.29. The molecule has 88 valence electrons. The van der Waals surface area contributed by atoms with E-state index < -0.39 is 0 Å². The summed E-state index contributed by atoms with van der Waals surface area (Å²) in [6.07, 6.45) is 0. The lowest BCUT2D eigenvalue weighted by Gasteiger charge is -2.05. The minimum absolute atomic E-state index is 0.623. The van der Waals surface area contributed by atoms with Gasteiger partial charge in [-0.15, -0.1) is 0 Å². The lowest BCUT2D eigenvalue weighted by atomic mass is 10.3. The van der Waals surface area contributed by atoms with Crippen LogP contribution in [-0.4, -0.2) is 9.97 Å². The van der Waals surface area contributed by atoms with E-state index in [0.717, 1.165) is 16.3 Å². The van der Waals surface area contributed by atoms with Crippen LogP contribution in [0.15, 0.2) is 34.3 Å². The molecule has 2 aromatic rings. The molecular formula is C12H12ClN3S. The van der Waals surface area contributed by atoms with Crippen molar-refractivity contribution < 1.29 is 0 Å². The molecule has 0 bridgehead atoms. The Hall–Kier alpha value is -1.26. The molecule has 0 aliphatic heterocycles. The fourth-order valence-electron chi connectivity index (χ4n) is 1.44. The van der Waals surface area contributed by atoms with Crippen LogP contribution in [0.4, 0.5) is 5.69 Å². The van der Waals surface area contributed by atoms with Gasteiger partial charge in [-0.2, -0.15) is 0 Å². The molecule has 0 amide bonds. The fourth-order valence-corrected chi connectivity index (χ4v) is 2.61. The van der Waals surface area contributed by atoms with E-state index in [2.05, 4.69) is 9.97 Å². The van der Waals surface area contributed by atoms with Crippen molar-refractivity contribution in [1.82, 2.24) is 9.97 Å². The third kappa shape index (κ3) is 3.11. The molecule has 2 N–H and O–H groups in total. The SMILES string of the molecule is Cc1cc(C)nc(Sc2ccc(N)cc2Cl)n1. The summed E-state index contributed by atoms with van der Waals surface area (Å²) >= 11 is 7.54. The molecule has 0 fully saturated rings. The monoisotopic (exact) mass is 265 g/mol. The molecule has 0 spiro atoms. The Morgan fingerprint density at radius 1 is 1.12 bits per heavy atom. The number of hydrogen-bond acceptors (Lipinski definition) is 4. The number of nitrogens with zero attached hydrogens (tertiary/aromatic N) is 2. The van der Waals surface area contributed by atoms with Gasteiger partial charge in [0.15, 0.2) is 5.16 Å². The van der Waals surface area contributed by atoms with E-state index in [1.165, 1.54) is 11.8 Å². The quantitative estimate of drug-likeness (QED) is 0.667. The second-order valence-corrected chi connectivity index (χ2v) is 5.14. The minimum atomic E-state index is 0.623. The van der Waals surface area contributed by atoms with Crippen LogP contribution >= 0.6 is 23.4 Å². The maximum absolute atomic E-state index is 6.10. The van der Waals surface area contributed by atoms with E-state index in [9.17, 15) is 0 Å². The predicted molar refractivity (Wildman–Crippen MR) is 71.5 cm³/mol. The van der Waals surface area contributed by atoms with E-state index in [4.69, 9.17) is 17.3 Å². The average molecular weight is 266 g/mol. The number of nitrogens with two attached hydrogens (primary N) is 1. The Kier molecular flexibility index (Phi) is 3.54. The molecule has 0 aliphatic carbocycles.